The fourth-order valence-corrected chi connectivity index (χ4v) is 9.70. The van der Waals surface area contributed by atoms with E-state index in [2.05, 4.69) is 49.1 Å². The lowest BCUT2D eigenvalue weighted by atomic mass is 9.93. The largest absolute Gasteiger partial charge is 0.490 e. The molecule has 0 bridgehead atoms. The van der Waals surface area contributed by atoms with Gasteiger partial charge in [-0.15, -0.1) is 31.7 Å². The molecule has 3 aliphatic rings. The van der Waals surface area contributed by atoms with Gasteiger partial charge in [-0.25, -0.2) is 4.98 Å². The Labute approximate surface area is 371 Å². The smallest absolute Gasteiger partial charge is 0.274 e. The normalized spacial score (nSPS) is 18.4. The van der Waals surface area contributed by atoms with Gasteiger partial charge in [0.1, 0.15) is 34.9 Å². The number of nitrogens with one attached hydrogen (secondary N) is 1. The Kier molecular flexibility index (Phi) is 11.6. The maximum absolute atomic E-state index is 13.8. The molecule has 2 fully saturated rings. The molecule has 6 heterocycles. The van der Waals surface area contributed by atoms with E-state index in [1.165, 1.54) is 17.0 Å². The van der Waals surface area contributed by atoms with Crippen molar-refractivity contribution in [2.45, 2.75) is 71.1 Å². The number of nitriles is 1. The zero-order valence-corrected chi connectivity index (χ0v) is 36.3. The molecule has 6 aromatic rings. The van der Waals surface area contributed by atoms with E-state index in [4.69, 9.17) is 31.0 Å². The monoisotopic (exact) mass is 883 g/mol. The number of fused-ring (bicyclic) bond motifs is 3. The number of amides is 3. The summed E-state index contributed by atoms with van der Waals surface area (Å²) in [4.78, 5) is 54.4. The average molecular weight is 884 g/mol. The third-order valence-electron chi connectivity index (χ3n) is 11.8. The van der Waals surface area contributed by atoms with Crippen LogP contribution in [0.1, 0.15) is 108 Å². The van der Waals surface area contributed by atoms with Crippen LogP contribution in [0.5, 0.6) is 5.75 Å². The van der Waals surface area contributed by atoms with Crippen molar-refractivity contribution >= 4 is 46.4 Å². The van der Waals surface area contributed by atoms with Crippen molar-refractivity contribution in [3.05, 3.63) is 134 Å². The average Bonchev–Trinajstić information content (AvgIpc) is 4.02. The number of aromatic nitrogens is 6. The van der Waals surface area contributed by atoms with Gasteiger partial charge in [0.2, 0.25) is 0 Å². The standard InChI is InChI=1S/C45H42ClN11O5S/c1-25-26(2)63-45-39(25)40(50-37(23-38-48-16-21-61-38)41-54-51-27(3)57(41)45)28-4-6-29(7-5-28)43(59)55-17-19-56(20-18-55)44(60)36-15-14-35(52-53-36)42(58)49-31-9-12-32(13-10-31)62-33-11-8-30(24-47)34(46)22-33/h4-8,11,14-16,21-22,31-32,37H,9-10,12-13,17-20,23H2,1-3H3,(H,49,58)/t31?,32?,37-/m0/s1. The Morgan fingerprint density at radius 3 is 2.29 bits per heavy atom. The number of hydrogen-bond acceptors (Lipinski definition) is 13. The van der Waals surface area contributed by atoms with Crippen LogP contribution in [0.4, 0.5) is 0 Å². The molecule has 0 unspecified atom stereocenters. The van der Waals surface area contributed by atoms with E-state index in [0.29, 0.717) is 79.1 Å². The van der Waals surface area contributed by atoms with Crippen LogP contribution in [0.25, 0.3) is 5.00 Å². The number of ether oxygens (including phenoxy) is 1. The summed E-state index contributed by atoms with van der Waals surface area (Å²) in [6, 6.07) is 17.1. The lowest BCUT2D eigenvalue weighted by Gasteiger charge is -2.34. The fourth-order valence-electron chi connectivity index (χ4n) is 8.28. The molecule has 0 radical (unpaired) electrons. The van der Waals surface area contributed by atoms with Crippen LogP contribution in [0.2, 0.25) is 5.02 Å². The predicted molar refractivity (Wildman–Crippen MR) is 233 cm³/mol. The summed E-state index contributed by atoms with van der Waals surface area (Å²) in [5.74, 6) is 1.83. The molecule has 1 atom stereocenters. The molecule has 63 heavy (non-hydrogen) atoms. The maximum atomic E-state index is 13.8. The number of rotatable bonds is 9. The molecular weight excluding hydrogens is 842 g/mol. The lowest BCUT2D eigenvalue weighted by Crippen LogP contribution is -2.50. The van der Waals surface area contributed by atoms with E-state index >= 15 is 0 Å². The van der Waals surface area contributed by atoms with Crippen LogP contribution < -0.4 is 10.1 Å². The van der Waals surface area contributed by atoms with Gasteiger partial charge in [-0.1, -0.05) is 23.7 Å². The van der Waals surface area contributed by atoms with Gasteiger partial charge >= 0.3 is 0 Å². The van der Waals surface area contributed by atoms with Crippen LogP contribution in [-0.4, -0.2) is 102 Å². The first-order valence-electron chi connectivity index (χ1n) is 20.7. The molecule has 2 aromatic carbocycles. The first kappa shape index (κ1) is 41.6. The Morgan fingerprint density at radius 1 is 0.905 bits per heavy atom. The number of carbonyl (C=O) groups excluding carboxylic acids is 3. The van der Waals surface area contributed by atoms with Gasteiger partial charge in [0.25, 0.3) is 17.7 Å². The summed E-state index contributed by atoms with van der Waals surface area (Å²) in [5.41, 5.74) is 4.97. The number of aryl methyl sites for hydroxylation is 2. The molecule has 9 rings (SSSR count). The van der Waals surface area contributed by atoms with E-state index in [-0.39, 0.29) is 41.3 Å². The minimum absolute atomic E-state index is 0.0298. The summed E-state index contributed by atoms with van der Waals surface area (Å²) in [6.45, 7) is 7.47. The van der Waals surface area contributed by atoms with Gasteiger partial charge in [0.15, 0.2) is 23.1 Å². The first-order chi connectivity index (χ1) is 30.5. The SMILES string of the molecule is Cc1sc2c(c1C)C(c1ccc(C(=O)N3CCN(C(=O)c4ccc(C(=O)NC5CCC(Oc6ccc(C#N)c(Cl)c6)CC5)nn4)CC3)cc1)=N[C@@H](Cc1ncco1)c1nnc(C)n1-2. The van der Waals surface area contributed by atoms with Crippen molar-refractivity contribution in [2.75, 3.05) is 26.2 Å². The molecule has 1 saturated carbocycles. The Balaban J connectivity index is 0.795. The molecule has 4 aromatic heterocycles. The molecule has 3 amide bonds. The Morgan fingerprint density at radius 2 is 1.62 bits per heavy atom. The first-order valence-corrected chi connectivity index (χ1v) is 21.9. The molecule has 16 nitrogen and oxygen atoms in total. The van der Waals surface area contributed by atoms with Crippen LogP contribution in [0, 0.1) is 32.1 Å². The maximum Gasteiger partial charge on any atom is 0.274 e. The second-order valence-electron chi connectivity index (χ2n) is 15.8. The Bertz CT molecular complexity index is 2760. The van der Waals surface area contributed by atoms with Gasteiger partial charge in [0.05, 0.1) is 35.0 Å². The van der Waals surface area contributed by atoms with Gasteiger partial charge in [0, 0.05) is 59.9 Å². The van der Waals surface area contributed by atoms with Crippen molar-refractivity contribution in [3.63, 3.8) is 0 Å². The van der Waals surface area contributed by atoms with Crippen LogP contribution >= 0.6 is 22.9 Å². The van der Waals surface area contributed by atoms with Crippen molar-refractivity contribution < 1.29 is 23.5 Å². The second-order valence-corrected chi connectivity index (χ2v) is 17.4. The predicted octanol–water partition coefficient (Wildman–Crippen LogP) is 6.41. The van der Waals surface area contributed by atoms with E-state index in [9.17, 15) is 14.4 Å². The minimum Gasteiger partial charge on any atom is -0.490 e. The highest BCUT2D eigenvalue weighted by atomic mass is 35.5. The van der Waals surface area contributed by atoms with E-state index < -0.39 is 6.04 Å². The Hall–Kier alpha value is -6.77. The number of carbonyl (C=O) groups is 3. The molecule has 18 heteroatoms. The highest BCUT2D eigenvalue weighted by Gasteiger charge is 2.33. The number of nitrogens with zero attached hydrogens (tertiary/aromatic N) is 10. The van der Waals surface area contributed by atoms with Crippen molar-refractivity contribution in [3.8, 4) is 16.8 Å². The molecule has 1 aliphatic carbocycles. The summed E-state index contributed by atoms with van der Waals surface area (Å²) >= 11 is 7.82. The quantitative estimate of drug-likeness (QED) is 0.168. The topological polar surface area (TPSA) is 198 Å². The summed E-state index contributed by atoms with van der Waals surface area (Å²) in [7, 11) is 0. The van der Waals surface area contributed by atoms with Gasteiger partial charge in [-0.05, 0) is 88.4 Å². The summed E-state index contributed by atoms with van der Waals surface area (Å²) in [5, 5.41) is 30.6. The van der Waals surface area contributed by atoms with Crippen LogP contribution in [0.3, 0.4) is 0 Å². The van der Waals surface area contributed by atoms with Crippen LogP contribution in [-0.2, 0) is 6.42 Å². The molecular formula is C45H42ClN11O5S. The van der Waals surface area contributed by atoms with Crippen molar-refractivity contribution in [1.82, 2.24) is 45.1 Å². The van der Waals surface area contributed by atoms with Gasteiger partial charge in [-0.3, -0.25) is 23.9 Å². The molecule has 0 spiro atoms. The van der Waals surface area contributed by atoms with Crippen molar-refractivity contribution in [1.29, 1.82) is 5.26 Å². The van der Waals surface area contributed by atoms with Gasteiger partial charge in [-0.2, -0.15) is 5.26 Å². The number of halogens is 1. The number of piperazine rings is 1. The zero-order valence-electron chi connectivity index (χ0n) is 34.7. The summed E-state index contributed by atoms with van der Waals surface area (Å²) in [6.07, 6.45) is 6.44. The fraction of sp³-hybridized carbons (Fsp3) is 0.333. The minimum atomic E-state index is -0.408. The zero-order chi connectivity index (χ0) is 43.8. The van der Waals surface area contributed by atoms with E-state index in [1.54, 1.807) is 51.8 Å². The molecule has 1 N–H and O–H groups in total. The number of aliphatic imine (C=N–C) groups is 1. The van der Waals surface area contributed by atoms with E-state index in [1.807, 2.05) is 37.3 Å². The number of thiophene rings is 1. The van der Waals surface area contributed by atoms with E-state index in [0.717, 1.165) is 46.1 Å². The molecule has 1 saturated heterocycles. The number of hydrogen-bond donors (Lipinski definition) is 1. The molecule has 2 aliphatic heterocycles. The second kappa shape index (κ2) is 17.5. The number of oxazole rings is 1. The highest BCUT2D eigenvalue weighted by Crippen LogP contribution is 2.39. The third kappa shape index (κ3) is 8.43. The van der Waals surface area contributed by atoms with Gasteiger partial charge < -0.3 is 24.3 Å². The highest BCUT2D eigenvalue weighted by molar-refractivity contribution is 7.15. The lowest BCUT2D eigenvalue weighted by molar-refractivity contribution is 0.0531. The third-order valence-corrected chi connectivity index (χ3v) is 13.3. The summed E-state index contributed by atoms with van der Waals surface area (Å²) < 4.78 is 13.8. The number of benzene rings is 2. The van der Waals surface area contributed by atoms with Crippen molar-refractivity contribution in [2.24, 2.45) is 4.99 Å². The molecule has 320 valence electrons. The van der Waals surface area contributed by atoms with Crippen LogP contribution in [0.15, 0.2) is 76.5 Å².